The number of nitrogens with one attached hydrogen (secondary N) is 1. The van der Waals surface area contributed by atoms with Crippen molar-refractivity contribution in [3.05, 3.63) is 0 Å². The second kappa shape index (κ2) is 7.33. The van der Waals surface area contributed by atoms with Crippen molar-refractivity contribution in [3.63, 3.8) is 0 Å². The number of hydrogen-bond acceptors (Lipinski definition) is 2. The average Bonchev–Trinajstić information content (AvgIpc) is 2.10. The maximum Gasteiger partial charge on any atom is 0.234 e. The van der Waals surface area contributed by atoms with Crippen molar-refractivity contribution in [2.24, 2.45) is 5.92 Å². The Labute approximate surface area is 88.0 Å². The van der Waals surface area contributed by atoms with Gasteiger partial charge in [0.1, 0.15) is 0 Å². The minimum Gasteiger partial charge on any atom is -0.396 e. The molecule has 0 aliphatic heterocycles. The van der Waals surface area contributed by atoms with Gasteiger partial charge in [-0.1, -0.05) is 29.8 Å². The zero-order valence-electron chi connectivity index (χ0n) is 8.22. The van der Waals surface area contributed by atoms with Crippen LogP contribution in [-0.4, -0.2) is 29.0 Å². The van der Waals surface area contributed by atoms with Crippen LogP contribution in [0.5, 0.6) is 0 Å². The lowest BCUT2D eigenvalue weighted by atomic mass is 10.1. The molecule has 0 saturated carbocycles. The van der Waals surface area contributed by atoms with Crippen LogP contribution in [0.2, 0.25) is 0 Å². The van der Waals surface area contributed by atoms with E-state index < -0.39 is 0 Å². The second-order valence-electron chi connectivity index (χ2n) is 3.37. The highest BCUT2D eigenvalue weighted by Gasteiger charge is 2.17. The van der Waals surface area contributed by atoms with Gasteiger partial charge >= 0.3 is 0 Å². The molecule has 0 rings (SSSR count). The topological polar surface area (TPSA) is 49.3 Å². The molecule has 2 N–H and O–H groups in total. The first-order chi connectivity index (χ1) is 6.09. The smallest absolute Gasteiger partial charge is 0.234 e. The first-order valence-corrected chi connectivity index (χ1v) is 5.53. The average molecular weight is 252 g/mol. The molecular formula is C9H18BrNO2. The number of alkyl halides is 1. The summed E-state index contributed by atoms with van der Waals surface area (Å²) in [7, 11) is 0. The van der Waals surface area contributed by atoms with Crippen LogP contribution in [0.3, 0.4) is 0 Å². The fraction of sp³-hybridized carbons (Fsp3) is 0.889. The third kappa shape index (κ3) is 6.05. The van der Waals surface area contributed by atoms with Crippen molar-refractivity contribution in [3.8, 4) is 0 Å². The van der Waals surface area contributed by atoms with Gasteiger partial charge in [0.25, 0.3) is 0 Å². The predicted octanol–water partition coefficient (Wildman–Crippen LogP) is 1.29. The SMILES string of the molecule is CC(C)C(Br)C(=O)NCCCCO. The molecular weight excluding hydrogens is 234 g/mol. The summed E-state index contributed by atoms with van der Waals surface area (Å²) in [5.74, 6) is 0.339. The Hall–Kier alpha value is -0.0900. The maximum atomic E-state index is 11.3. The number of rotatable bonds is 6. The van der Waals surface area contributed by atoms with Crippen molar-refractivity contribution in [2.75, 3.05) is 13.2 Å². The Bertz CT molecular complexity index is 151. The van der Waals surface area contributed by atoms with Gasteiger partial charge in [-0.15, -0.1) is 0 Å². The fourth-order valence-electron chi connectivity index (χ4n) is 0.849. The lowest BCUT2D eigenvalue weighted by molar-refractivity contribution is -0.121. The molecule has 78 valence electrons. The summed E-state index contributed by atoms with van der Waals surface area (Å²) < 4.78 is 0. The van der Waals surface area contributed by atoms with E-state index >= 15 is 0 Å². The lowest BCUT2D eigenvalue weighted by Gasteiger charge is -2.13. The molecule has 0 aromatic carbocycles. The van der Waals surface area contributed by atoms with Crippen LogP contribution in [0.1, 0.15) is 26.7 Å². The first kappa shape index (κ1) is 12.9. The molecule has 0 radical (unpaired) electrons. The molecule has 0 aromatic heterocycles. The lowest BCUT2D eigenvalue weighted by Crippen LogP contribution is -2.34. The number of aliphatic hydroxyl groups is 1. The summed E-state index contributed by atoms with van der Waals surface area (Å²) in [4.78, 5) is 11.2. The highest BCUT2D eigenvalue weighted by atomic mass is 79.9. The van der Waals surface area contributed by atoms with Gasteiger partial charge in [0.05, 0.1) is 4.83 Å². The Balaban J connectivity index is 3.50. The van der Waals surface area contributed by atoms with E-state index in [2.05, 4.69) is 21.2 Å². The van der Waals surface area contributed by atoms with Crippen molar-refractivity contribution < 1.29 is 9.90 Å². The highest BCUT2D eigenvalue weighted by Crippen LogP contribution is 2.11. The van der Waals surface area contributed by atoms with Crippen LogP contribution in [-0.2, 0) is 4.79 Å². The van der Waals surface area contributed by atoms with E-state index in [0.717, 1.165) is 12.8 Å². The van der Waals surface area contributed by atoms with Crippen LogP contribution >= 0.6 is 15.9 Å². The van der Waals surface area contributed by atoms with Crippen LogP contribution < -0.4 is 5.32 Å². The van der Waals surface area contributed by atoms with E-state index in [1.807, 2.05) is 13.8 Å². The fourth-order valence-corrected chi connectivity index (χ4v) is 1.01. The molecule has 1 atom stereocenters. The van der Waals surface area contributed by atoms with Gasteiger partial charge in [-0.25, -0.2) is 0 Å². The minimum absolute atomic E-state index is 0.0351. The van der Waals surface area contributed by atoms with Gasteiger partial charge in [0.2, 0.25) is 5.91 Å². The Morgan fingerprint density at radius 3 is 2.54 bits per heavy atom. The molecule has 1 amide bonds. The second-order valence-corrected chi connectivity index (χ2v) is 4.35. The Morgan fingerprint density at radius 2 is 2.08 bits per heavy atom. The number of halogens is 1. The maximum absolute atomic E-state index is 11.3. The normalized spacial score (nSPS) is 13.0. The van der Waals surface area contributed by atoms with Crippen molar-refractivity contribution in [2.45, 2.75) is 31.5 Å². The van der Waals surface area contributed by atoms with E-state index in [4.69, 9.17) is 5.11 Å². The van der Waals surface area contributed by atoms with Gasteiger partial charge < -0.3 is 10.4 Å². The third-order valence-corrected chi connectivity index (χ3v) is 3.19. The molecule has 0 aliphatic carbocycles. The van der Waals surface area contributed by atoms with Crippen molar-refractivity contribution in [1.29, 1.82) is 0 Å². The number of hydrogen-bond donors (Lipinski definition) is 2. The summed E-state index contributed by atoms with van der Waals surface area (Å²) in [6.07, 6.45) is 1.58. The molecule has 1 unspecified atom stereocenters. The molecule has 0 spiro atoms. The quantitative estimate of drug-likeness (QED) is 0.553. The highest BCUT2D eigenvalue weighted by molar-refractivity contribution is 9.10. The largest absolute Gasteiger partial charge is 0.396 e. The van der Waals surface area contributed by atoms with Crippen LogP contribution in [0.4, 0.5) is 0 Å². The van der Waals surface area contributed by atoms with Crippen LogP contribution in [0.25, 0.3) is 0 Å². The number of carbonyl (C=O) groups is 1. The third-order valence-electron chi connectivity index (χ3n) is 1.72. The molecule has 0 bridgehead atoms. The molecule has 0 fully saturated rings. The molecule has 0 saturated heterocycles. The summed E-state index contributed by atoms with van der Waals surface area (Å²) in [6, 6.07) is 0. The van der Waals surface area contributed by atoms with Crippen LogP contribution in [0, 0.1) is 5.92 Å². The first-order valence-electron chi connectivity index (χ1n) is 4.62. The number of aliphatic hydroxyl groups excluding tert-OH is 1. The van der Waals surface area contributed by atoms with Crippen molar-refractivity contribution in [1.82, 2.24) is 5.32 Å². The zero-order chi connectivity index (χ0) is 10.3. The molecule has 13 heavy (non-hydrogen) atoms. The zero-order valence-corrected chi connectivity index (χ0v) is 9.80. The van der Waals surface area contributed by atoms with Gasteiger partial charge in [-0.05, 0) is 18.8 Å². The van der Waals surface area contributed by atoms with E-state index in [-0.39, 0.29) is 17.3 Å². The number of carbonyl (C=O) groups excluding carboxylic acids is 1. The molecule has 0 aliphatic rings. The minimum atomic E-state index is -0.110. The predicted molar refractivity (Wildman–Crippen MR) is 56.9 cm³/mol. The molecule has 3 nitrogen and oxygen atoms in total. The van der Waals surface area contributed by atoms with Gasteiger partial charge in [0.15, 0.2) is 0 Å². The molecule has 0 aromatic rings. The van der Waals surface area contributed by atoms with Gasteiger partial charge in [-0.2, -0.15) is 0 Å². The van der Waals surface area contributed by atoms with Gasteiger partial charge in [-0.3, -0.25) is 4.79 Å². The van der Waals surface area contributed by atoms with E-state index in [0.29, 0.717) is 12.5 Å². The van der Waals surface area contributed by atoms with E-state index in [9.17, 15) is 4.79 Å². The summed E-state index contributed by atoms with van der Waals surface area (Å²) in [5, 5.41) is 11.3. The Morgan fingerprint density at radius 1 is 1.46 bits per heavy atom. The number of unbranched alkanes of at least 4 members (excludes halogenated alkanes) is 1. The Kier molecular flexibility index (Phi) is 7.28. The molecule has 4 heteroatoms. The number of amides is 1. The van der Waals surface area contributed by atoms with E-state index in [1.54, 1.807) is 0 Å². The van der Waals surface area contributed by atoms with E-state index in [1.165, 1.54) is 0 Å². The van der Waals surface area contributed by atoms with Crippen molar-refractivity contribution >= 4 is 21.8 Å². The molecule has 0 heterocycles. The standard InChI is InChI=1S/C9H18BrNO2/c1-7(2)8(10)9(13)11-5-3-4-6-12/h7-8,12H,3-6H2,1-2H3,(H,11,13). The monoisotopic (exact) mass is 251 g/mol. The summed E-state index contributed by atoms with van der Waals surface area (Å²) >= 11 is 3.32. The van der Waals surface area contributed by atoms with Crippen LogP contribution in [0.15, 0.2) is 0 Å². The summed E-state index contributed by atoms with van der Waals surface area (Å²) in [5.41, 5.74) is 0. The van der Waals surface area contributed by atoms with Gasteiger partial charge in [0, 0.05) is 13.2 Å². The summed E-state index contributed by atoms with van der Waals surface area (Å²) in [6.45, 7) is 4.82.